The van der Waals surface area contributed by atoms with Crippen molar-refractivity contribution in [1.82, 2.24) is 0 Å². The molecule has 0 amide bonds. The average molecular weight is 335 g/mol. The van der Waals surface area contributed by atoms with Crippen LogP contribution in [0.4, 0.5) is 0 Å². The van der Waals surface area contributed by atoms with E-state index in [1.165, 1.54) is 25.7 Å². The number of fused-ring (bicyclic) bond motifs is 4. The minimum atomic E-state index is -0.118. The van der Waals surface area contributed by atoms with Gasteiger partial charge in [-0.1, -0.05) is 34.6 Å². The molecule has 1 spiro atoms. The van der Waals surface area contributed by atoms with E-state index in [-0.39, 0.29) is 17.6 Å². The van der Waals surface area contributed by atoms with Crippen LogP contribution in [0.1, 0.15) is 86.0 Å². The maximum absolute atomic E-state index is 10.6. The van der Waals surface area contributed by atoms with Gasteiger partial charge in [0.2, 0.25) is 0 Å². The molecule has 7 unspecified atom stereocenters. The van der Waals surface area contributed by atoms with Crippen LogP contribution in [0.15, 0.2) is 0 Å². The first-order valence-electron chi connectivity index (χ1n) is 10.4. The molecule has 2 heteroatoms. The van der Waals surface area contributed by atoms with Gasteiger partial charge in [0.1, 0.15) is 0 Å². The van der Waals surface area contributed by atoms with Crippen molar-refractivity contribution in [3.8, 4) is 0 Å². The SMILES string of the molecule is CC1(C)CC2(CC(C)(C)C3CCC(O)CC32C)C2CC(O)CCC21. The van der Waals surface area contributed by atoms with E-state index in [1.807, 2.05) is 0 Å². The molecule has 0 aromatic heterocycles. The van der Waals surface area contributed by atoms with Gasteiger partial charge in [-0.25, -0.2) is 0 Å². The lowest BCUT2D eigenvalue weighted by atomic mass is 9.52. The first-order chi connectivity index (χ1) is 11.0. The van der Waals surface area contributed by atoms with Crippen LogP contribution in [0.2, 0.25) is 0 Å². The summed E-state index contributed by atoms with van der Waals surface area (Å²) in [4.78, 5) is 0. The normalized spacial score (nSPS) is 55.4. The number of aliphatic hydroxyl groups excluding tert-OH is 2. The molecule has 2 nitrogen and oxygen atoms in total. The predicted molar refractivity (Wildman–Crippen MR) is 97.5 cm³/mol. The molecule has 2 N–H and O–H groups in total. The van der Waals surface area contributed by atoms with Crippen molar-refractivity contribution in [3.05, 3.63) is 0 Å². The molecule has 0 aromatic carbocycles. The monoisotopic (exact) mass is 334 g/mol. The van der Waals surface area contributed by atoms with Crippen molar-refractivity contribution < 1.29 is 10.2 Å². The van der Waals surface area contributed by atoms with Gasteiger partial charge < -0.3 is 10.2 Å². The van der Waals surface area contributed by atoms with Crippen LogP contribution in [0.3, 0.4) is 0 Å². The van der Waals surface area contributed by atoms with Crippen LogP contribution in [0.5, 0.6) is 0 Å². The third-order valence-electron chi connectivity index (χ3n) is 9.38. The molecule has 4 aliphatic rings. The minimum Gasteiger partial charge on any atom is -0.393 e. The number of hydrogen-bond donors (Lipinski definition) is 2. The quantitative estimate of drug-likeness (QED) is 0.669. The highest BCUT2D eigenvalue weighted by Gasteiger charge is 2.72. The Labute approximate surface area is 148 Å². The van der Waals surface area contributed by atoms with Crippen LogP contribution < -0.4 is 0 Å². The van der Waals surface area contributed by atoms with Crippen molar-refractivity contribution in [2.45, 2.75) is 98.2 Å². The highest BCUT2D eigenvalue weighted by molar-refractivity contribution is 5.21. The molecule has 4 fully saturated rings. The lowest BCUT2D eigenvalue weighted by Crippen LogP contribution is -2.49. The Kier molecular flexibility index (Phi) is 3.61. The van der Waals surface area contributed by atoms with Gasteiger partial charge in [-0.15, -0.1) is 0 Å². The second-order valence-electron chi connectivity index (χ2n) is 11.6. The topological polar surface area (TPSA) is 40.5 Å². The Hall–Kier alpha value is -0.0800. The maximum Gasteiger partial charge on any atom is 0.0545 e. The third-order valence-corrected chi connectivity index (χ3v) is 9.38. The fourth-order valence-corrected chi connectivity index (χ4v) is 8.94. The molecular formula is C22H38O2. The summed E-state index contributed by atoms with van der Waals surface area (Å²) >= 11 is 0. The molecule has 0 heterocycles. The molecule has 0 aliphatic heterocycles. The van der Waals surface area contributed by atoms with Gasteiger partial charge in [0.05, 0.1) is 12.2 Å². The summed E-state index contributed by atoms with van der Waals surface area (Å²) in [7, 11) is 0. The lowest BCUT2D eigenvalue weighted by Gasteiger charge is -2.53. The van der Waals surface area contributed by atoms with E-state index in [1.54, 1.807) is 0 Å². The summed E-state index contributed by atoms with van der Waals surface area (Å²) in [6.45, 7) is 12.5. The molecule has 7 atom stereocenters. The standard InChI is InChI=1S/C22H38O2/c1-19(2)12-22(17-10-14(23)6-8-16(17)19)13-20(3,4)18-9-7-15(24)11-21(18,22)5/h14-18,23-24H,6-13H2,1-5H3. The third kappa shape index (κ3) is 2.08. The van der Waals surface area contributed by atoms with Crippen LogP contribution in [0, 0.1) is 39.4 Å². The summed E-state index contributed by atoms with van der Waals surface area (Å²) in [5, 5.41) is 21.0. The molecule has 138 valence electrons. The van der Waals surface area contributed by atoms with E-state index in [0.717, 1.165) is 37.5 Å². The van der Waals surface area contributed by atoms with Crippen LogP contribution in [-0.2, 0) is 0 Å². The van der Waals surface area contributed by atoms with Gasteiger partial charge in [0, 0.05) is 0 Å². The first-order valence-corrected chi connectivity index (χ1v) is 10.4. The van der Waals surface area contributed by atoms with Crippen molar-refractivity contribution >= 4 is 0 Å². The molecule has 24 heavy (non-hydrogen) atoms. The fraction of sp³-hybridized carbons (Fsp3) is 1.00. The summed E-state index contributed by atoms with van der Waals surface area (Å²) in [5.41, 5.74) is 1.30. The van der Waals surface area contributed by atoms with Gasteiger partial charge >= 0.3 is 0 Å². The first kappa shape index (κ1) is 17.3. The van der Waals surface area contributed by atoms with E-state index >= 15 is 0 Å². The molecule has 0 saturated heterocycles. The van der Waals surface area contributed by atoms with Crippen molar-refractivity contribution in [1.29, 1.82) is 0 Å². The van der Waals surface area contributed by atoms with Crippen LogP contribution in [0.25, 0.3) is 0 Å². The Morgan fingerprint density at radius 3 is 2.04 bits per heavy atom. The summed E-state index contributed by atoms with van der Waals surface area (Å²) in [5.74, 6) is 2.13. The van der Waals surface area contributed by atoms with E-state index in [4.69, 9.17) is 0 Å². The van der Waals surface area contributed by atoms with Crippen LogP contribution >= 0.6 is 0 Å². The van der Waals surface area contributed by atoms with Gasteiger partial charge in [-0.2, -0.15) is 0 Å². The molecule has 4 saturated carbocycles. The van der Waals surface area contributed by atoms with Crippen molar-refractivity contribution in [2.24, 2.45) is 39.4 Å². The molecular weight excluding hydrogens is 296 g/mol. The molecule has 0 radical (unpaired) electrons. The van der Waals surface area contributed by atoms with E-state index < -0.39 is 0 Å². The zero-order chi connectivity index (χ0) is 17.5. The Morgan fingerprint density at radius 1 is 0.708 bits per heavy atom. The summed E-state index contributed by atoms with van der Waals surface area (Å²) in [6.07, 6.45) is 8.73. The van der Waals surface area contributed by atoms with Gasteiger partial charge in [0.25, 0.3) is 0 Å². The number of aliphatic hydroxyl groups is 2. The second kappa shape index (κ2) is 5.00. The van der Waals surface area contributed by atoms with Gasteiger partial charge in [0.15, 0.2) is 0 Å². The van der Waals surface area contributed by atoms with Crippen molar-refractivity contribution in [2.75, 3.05) is 0 Å². The lowest BCUT2D eigenvalue weighted by molar-refractivity contribution is -0.0847. The predicted octanol–water partition coefficient (Wildman–Crippen LogP) is 4.78. The van der Waals surface area contributed by atoms with Gasteiger partial charge in [-0.05, 0) is 90.8 Å². The second-order valence-corrected chi connectivity index (χ2v) is 11.6. The van der Waals surface area contributed by atoms with Crippen LogP contribution in [-0.4, -0.2) is 22.4 Å². The zero-order valence-corrected chi connectivity index (χ0v) is 16.4. The minimum absolute atomic E-state index is 0.101. The highest BCUT2D eigenvalue weighted by Crippen LogP contribution is 2.79. The molecule has 0 aromatic rings. The van der Waals surface area contributed by atoms with E-state index in [0.29, 0.717) is 22.2 Å². The average Bonchev–Trinajstić information content (AvgIpc) is 2.75. The Balaban J connectivity index is 1.83. The van der Waals surface area contributed by atoms with Crippen molar-refractivity contribution in [3.63, 3.8) is 0 Å². The highest BCUT2D eigenvalue weighted by atomic mass is 16.3. The number of rotatable bonds is 0. The van der Waals surface area contributed by atoms with E-state index in [2.05, 4.69) is 34.6 Å². The maximum atomic E-state index is 10.6. The van der Waals surface area contributed by atoms with Gasteiger partial charge in [-0.3, -0.25) is 0 Å². The van der Waals surface area contributed by atoms with E-state index in [9.17, 15) is 10.2 Å². The Morgan fingerprint density at radius 2 is 1.33 bits per heavy atom. The number of hydrogen-bond acceptors (Lipinski definition) is 2. The summed E-state index contributed by atoms with van der Waals surface area (Å²) < 4.78 is 0. The molecule has 4 aliphatic carbocycles. The molecule has 4 rings (SSSR count). The largest absolute Gasteiger partial charge is 0.393 e. The summed E-state index contributed by atoms with van der Waals surface area (Å²) in [6, 6.07) is 0. The smallest absolute Gasteiger partial charge is 0.0545 e. The molecule has 0 bridgehead atoms. The zero-order valence-electron chi connectivity index (χ0n) is 16.4. The Bertz CT molecular complexity index is 520. The fourth-order valence-electron chi connectivity index (χ4n) is 8.94.